The minimum absolute atomic E-state index is 0.0430. The lowest BCUT2D eigenvalue weighted by Gasteiger charge is -2.13. The summed E-state index contributed by atoms with van der Waals surface area (Å²) in [5.74, 6) is 0.818. The molecule has 0 aliphatic carbocycles. The molecule has 5 nitrogen and oxygen atoms in total. The molecule has 1 aromatic heterocycles. The van der Waals surface area contributed by atoms with Crippen LogP contribution in [0.15, 0.2) is 60.8 Å². The summed E-state index contributed by atoms with van der Waals surface area (Å²) >= 11 is 17.7. The zero-order chi connectivity index (χ0) is 26.5. The number of hydrogen-bond acceptors (Lipinski definition) is 6. The average Bonchev–Trinajstić information content (AvgIpc) is 2.87. The Bertz CT molecular complexity index is 1470. The van der Waals surface area contributed by atoms with Gasteiger partial charge in [-0.25, -0.2) is 4.39 Å². The average molecular weight is 558 g/mol. The molecule has 0 N–H and O–H groups in total. The summed E-state index contributed by atoms with van der Waals surface area (Å²) in [5.41, 5.74) is 1.82. The highest BCUT2D eigenvalue weighted by Crippen LogP contribution is 2.37. The predicted molar refractivity (Wildman–Crippen MR) is 147 cm³/mol. The maximum absolute atomic E-state index is 15.0. The Morgan fingerprint density at radius 3 is 2.30 bits per heavy atom. The predicted octanol–water partition coefficient (Wildman–Crippen LogP) is 7.60. The van der Waals surface area contributed by atoms with Crippen molar-refractivity contribution in [3.05, 3.63) is 87.8 Å². The molecule has 0 fully saturated rings. The van der Waals surface area contributed by atoms with E-state index in [9.17, 15) is 9.18 Å². The smallest absolute Gasteiger partial charge is 0.166 e. The van der Waals surface area contributed by atoms with Crippen LogP contribution in [0.2, 0.25) is 10.0 Å². The van der Waals surface area contributed by atoms with Gasteiger partial charge in [-0.2, -0.15) is 0 Å². The molecule has 0 unspecified atom stereocenters. The number of Topliss-reactive ketones (excluding diaryl/α,β-unsaturated/α-hetero) is 1. The first kappa shape index (κ1) is 26.8. The van der Waals surface area contributed by atoms with Crippen LogP contribution in [0, 0.1) is 5.82 Å². The van der Waals surface area contributed by atoms with Gasteiger partial charge in [-0.3, -0.25) is 9.78 Å². The molecule has 0 spiro atoms. The highest BCUT2D eigenvalue weighted by molar-refractivity contribution is 7.80. The van der Waals surface area contributed by atoms with Gasteiger partial charge in [-0.1, -0.05) is 47.6 Å². The van der Waals surface area contributed by atoms with Crippen LogP contribution in [-0.2, 0) is 17.6 Å². The van der Waals surface area contributed by atoms with E-state index in [1.54, 1.807) is 48.7 Å². The van der Waals surface area contributed by atoms with Crippen LogP contribution in [0.3, 0.4) is 0 Å². The Balaban J connectivity index is 1.45. The van der Waals surface area contributed by atoms with Crippen LogP contribution in [-0.4, -0.2) is 29.9 Å². The summed E-state index contributed by atoms with van der Waals surface area (Å²) in [6.07, 6.45) is 1.98. The highest BCUT2D eigenvalue weighted by Gasteiger charge is 2.16. The monoisotopic (exact) mass is 557 g/mol. The molecular formula is C28H22Cl2FNO4S. The largest absolute Gasteiger partial charge is 0.493 e. The van der Waals surface area contributed by atoms with Gasteiger partial charge in [0.25, 0.3) is 0 Å². The molecule has 4 aromatic rings. The lowest BCUT2D eigenvalue weighted by Crippen LogP contribution is -2.11. The molecule has 0 amide bonds. The van der Waals surface area contributed by atoms with E-state index < -0.39 is 5.82 Å². The lowest BCUT2D eigenvalue weighted by molar-refractivity contribution is -0.117. The molecule has 0 radical (unpaired) electrons. The summed E-state index contributed by atoms with van der Waals surface area (Å²) < 4.78 is 31.5. The molecule has 37 heavy (non-hydrogen) atoms. The number of carbonyl (C=O) groups excluding carboxylic acids is 1. The first-order valence-corrected chi connectivity index (χ1v) is 12.4. The first-order chi connectivity index (χ1) is 17.8. The number of halogens is 3. The molecule has 0 saturated heterocycles. The molecule has 0 atom stereocenters. The van der Waals surface area contributed by atoms with Crippen molar-refractivity contribution in [3.8, 4) is 23.0 Å². The Labute approximate surface area is 229 Å². The summed E-state index contributed by atoms with van der Waals surface area (Å²) in [7, 11) is 3.07. The Kier molecular flexibility index (Phi) is 8.59. The van der Waals surface area contributed by atoms with Crippen molar-refractivity contribution in [2.24, 2.45) is 0 Å². The molecule has 190 valence electrons. The fourth-order valence-electron chi connectivity index (χ4n) is 3.86. The van der Waals surface area contributed by atoms with Crippen LogP contribution in [0.4, 0.5) is 4.39 Å². The first-order valence-electron chi connectivity index (χ1n) is 11.2. The number of thiocarbonyl (C=S) groups is 1. The van der Waals surface area contributed by atoms with E-state index in [0.29, 0.717) is 54.2 Å². The Morgan fingerprint density at radius 2 is 1.62 bits per heavy atom. The zero-order valence-electron chi connectivity index (χ0n) is 20.0. The van der Waals surface area contributed by atoms with E-state index >= 15 is 0 Å². The van der Waals surface area contributed by atoms with Gasteiger partial charge in [0.2, 0.25) is 0 Å². The van der Waals surface area contributed by atoms with Crippen LogP contribution in [0.5, 0.6) is 23.0 Å². The van der Waals surface area contributed by atoms with E-state index in [4.69, 9.17) is 49.6 Å². The summed E-state index contributed by atoms with van der Waals surface area (Å²) in [6, 6.07) is 14.8. The van der Waals surface area contributed by atoms with Gasteiger partial charge in [0.15, 0.2) is 23.1 Å². The number of rotatable bonds is 10. The fraction of sp³-hybridized carbons (Fsp3) is 0.179. The van der Waals surface area contributed by atoms with E-state index in [-0.39, 0.29) is 30.8 Å². The van der Waals surface area contributed by atoms with Crippen molar-refractivity contribution in [2.45, 2.75) is 19.3 Å². The standard InChI is InChI=1S/C28H22Cl2FNO4S/c1-34-27-14-20-24(15-28(27)35-2)32-9-8-25(20)36-26-7-6-16(11-23(26)31)10-18(37)12-17(33)13-19-21(29)4-3-5-22(19)30/h3-9,11,14-15H,10,12-13H2,1-2H3. The third-order valence-corrected chi connectivity index (χ3v) is 6.65. The number of fused-ring (bicyclic) bond motifs is 1. The van der Waals surface area contributed by atoms with Crippen molar-refractivity contribution < 1.29 is 23.4 Å². The SMILES string of the molecule is COc1cc2nccc(Oc3ccc(CC(=S)CC(=O)Cc4c(Cl)cccc4Cl)cc3F)c2cc1OC. The van der Waals surface area contributed by atoms with Crippen LogP contribution in [0.25, 0.3) is 10.9 Å². The van der Waals surface area contributed by atoms with Gasteiger partial charge in [0, 0.05) is 51.8 Å². The van der Waals surface area contributed by atoms with Gasteiger partial charge in [-0.05, 0) is 47.5 Å². The number of methoxy groups -OCH3 is 2. The summed E-state index contributed by atoms with van der Waals surface area (Å²) in [5, 5.41) is 1.51. The van der Waals surface area contributed by atoms with E-state index in [2.05, 4.69) is 4.98 Å². The number of benzene rings is 3. The molecule has 0 saturated carbocycles. The van der Waals surface area contributed by atoms with Gasteiger partial charge in [-0.15, -0.1) is 0 Å². The quantitative estimate of drug-likeness (QED) is 0.187. The maximum atomic E-state index is 15.0. The van der Waals surface area contributed by atoms with Crippen molar-refractivity contribution in [1.29, 1.82) is 0 Å². The number of carbonyl (C=O) groups is 1. The molecule has 3 aromatic carbocycles. The minimum atomic E-state index is -0.556. The molecule has 0 aliphatic heterocycles. The molecule has 4 rings (SSSR count). The topological polar surface area (TPSA) is 57.7 Å². The van der Waals surface area contributed by atoms with Crippen LogP contribution < -0.4 is 14.2 Å². The van der Waals surface area contributed by atoms with E-state index in [1.807, 2.05) is 0 Å². The molecule has 9 heteroatoms. The van der Waals surface area contributed by atoms with Crippen molar-refractivity contribution >= 4 is 57.0 Å². The second kappa shape index (κ2) is 11.9. The Morgan fingerprint density at radius 1 is 0.919 bits per heavy atom. The van der Waals surface area contributed by atoms with Crippen LogP contribution >= 0.6 is 35.4 Å². The fourth-order valence-corrected chi connectivity index (χ4v) is 4.72. The second-order valence-electron chi connectivity index (χ2n) is 8.21. The van der Waals surface area contributed by atoms with Crippen molar-refractivity contribution in [3.63, 3.8) is 0 Å². The van der Waals surface area contributed by atoms with Crippen LogP contribution in [0.1, 0.15) is 17.5 Å². The maximum Gasteiger partial charge on any atom is 0.166 e. The third-order valence-electron chi connectivity index (χ3n) is 5.65. The zero-order valence-corrected chi connectivity index (χ0v) is 22.3. The minimum Gasteiger partial charge on any atom is -0.493 e. The van der Waals surface area contributed by atoms with Gasteiger partial charge in [0.05, 0.1) is 19.7 Å². The molecular weight excluding hydrogens is 536 g/mol. The molecule has 0 aliphatic rings. The van der Waals surface area contributed by atoms with E-state index in [0.717, 1.165) is 0 Å². The second-order valence-corrected chi connectivity index (χ2v) is 9.60. The normalized spacial score (nSPS) is 10.8. The van der Waals surface area contributed by atoms with Gasteiger partial charge >= 0.3 is 0 Å². The summed E-state index contributed by atoms with van der Waals surface area (Å²) in [4.78, 5) is 17.3. The lowest BCUT2D eigenvalue weighted by atomic mass is 10.0. The highest BCUT2D eigenvalue weighted by atomic mass is 35.5. The third kappa shape index (κ3) is 6.36. The molecule has 0 bridgehead atoms. The number of ether oxygens (including phenoxy) is 3. The number of ketones is 1. The summed E-state index contributed by atoms with van der Waals surface area (Å²) in [6.45, 7) is 0. The Hall–Kier alpha value is -3.26. The number of hydrogen-bond donors (Lipinski definition) is 0. The number of nitrogens with zero attached hydrogens (tertiary/aromatic N) is 1. The van der Waals surface area contributed by atoms with Crippen molar-refractivity contribution in [1.82, 2.24) is 4.98 Å². The van der Waals surface area contributed by atoms with E-state index in [1.165, 1.54) is 26.4 Å². The van der Waals surface area contributed by atoms with Gasteiger partial charge in [0.1, 0.15) is 11.5 Å². The molecule has 1 heterocycles. The van der Waals surface area contributed by atoms with Crippen molar-refractivity contribution in [2.75, 3.05) is 14.2 Å². The van der Waals surface area contributed by atoms with Gasteiger partial charge < -0.3 is 14.2 Å². The number of pyridine rings is 1. The number of aromatic nitrogens is 1.